The molecule has 1 aliphatic rings. The van der Waals surface area contributed by atoms with Gasteiger partial charge in [0.05, 0.1) is 12.2 Å². The summed E-state index contributed by atoms with van der Waals surface area (Å²) in [6.45, 7) is 7.68. The third-order valence-corrected chi connectivity index (χ3v) is 5.79. The van der Waals surface area contributed by atoms with E-state index in [9.17, 15) is 9.59 Å². The molecule has 7 heteroatoms. The molecule has 2 heterocycles. The molecule has 1 atom stereocenters. The molecular weight excluding hydrogens is 394 g/mol. The Hall–Kier alpha value is -2.64. The van der Waals surface area contributed by atoms with E-state index in [1.165, 1.54) is 5.56 Å². The van der Waals surface area contributed by atoms with Gasteiger partial charge in [0.2, 0.25) is 0 Å². The number of ether oxygens (including phenoxy) is 2. The molecule has 3 rings (SSSR count). The van der Waals surface area contributed by atoms with E-state index >= 15 is 0 Å². The fourth-order valence-corrected chi connectivity index (χ4v) is 4.20. The molecule has 7 nitrogen and oxygen atoms in total. The third kappa shape index (κ3) is 6.18. The van der Waals surface area contributed by atoms with Gasteiger partial charge >= 0.3 is 5.97 Å². The Balaban J connectivity index is 1.54. The number of aromatic amines is 1. The molecule has 1 saturated heterocycles. The number of nitrogens with zero attached hydrogens (tertiary/aromatic N) is 1. The van der Waals surface area contributed by atoms with Crippen LogP contribution in [0.4, 0.5) is 0 Å². The van der Waals surface area contributed by atoms with Gasteiger partial charge in [0.25, 0.3) is 5.91 Å². The predicted molar refractivity (Wildman–Crippen MR) is 119 cm³/mol. The van der Waals surface area contributed by atoms with Gasteiger partial charge in [-0.15, -0.1) is 0 Å². The van der Waals surface area contributed by atoms with Crippen LogP contribution in [0.25, 0.3) is 0 Å². The molecule has 168 valence electrons. The van der Waals surface area contributed by atoms with Crippen LogP contribution in [0.2, 0.25) is 0 Å². The van der Waals surface area contributed by atoms with Gasteiger partial charge in [-0.2, -0.15) is 0 Å². The molecule has 1 unspecified atom stereocenters. The van der Waals surface area contributed by atoms with E-state index in [1.54, 1.807) is 21.0 Å². The Labute approximate surface area is 184 Å². The fraction of sp³-hybridized carbons (Fsp3) is 0.500. The van der Waals surface area contributed by atoms with Crippen molar-refractivity contribution in [1.29, 1.82) is 0 Å². The highest BCUT2D eigenvalue weighted by molar-refractivity contribution is 6.00. The number of hydrogen-bond acceptors (Lipinski definition) is 5. The molecule has 1 aromatic carbocycles. The Morgan fingerprint density at radius 3 is 2.71 bits per heavy atom. The summed E-state index contributed by atoms with van der Waals surface area (Å²) in [5.74, 6) is -0.209. The lowest BCUT2D eigenvalue weighted by atomic mass is 9.97. The Kier molecular flexibility index (Phi) is 8.26. The van der Waals surface area contributed by atoms with Gasteiger partial charge in [0.15, 0.2) is 0 Å². The van der Waals surface area contributed by atoms with Crippen molar-refractivity contribution in [3.05, 3.63) is 58.4 Å². The molecule has 31 heavy (non-hydrogen) atoms. The summed E-state index contributed by atoms with van der Waals surface area (Å²) in [6.07, 6.45) is 2.23. The summed E-state index contributed by atoms with van der Waals surface area (Å²) >= 11 is 0. The summed E-state index contributed by atoms with van der Waals surface area (Å²) < 4.78 is 10.1. The number of carbonyl (C=O) groups is 2. The van der Waals surface area contributed by atoms with E-state index in [2.05, 4.69) is 39.5 Å². The number of likely N-dealkylation sites (tertiary alicyclic amines) is 1. The second-order valence-electron chi connectivity index (χ2n) is 8.19. The summed E-state index contributed by atoms with van der Waals surface area (Å²) in [7, 11) is 1.55. The normalized spacial score (nSPS) is 16.8. The number of aromatic nitrogens is 1. The maximum absolute atomic E-state index is 12.8. The maximum atomic E-state index is 12.8. The van der Waals surface area contributed by atoms with Gasteiger partial charge in [-0.25, -0.2) is 4.79 Å². The Morgan fingerprint density at radius 2 is 1.97 bits per heavy atom. The van der Waals surface area contributed by atoms with Crippen molar-refractivity contribution < 1.29 is 19.1 Å². The largest absolute Gasteiger partial charge is 0.460 e. The second-order valence-corrected chi connectivity index (χ2v) is 8.19. The first-order valence-electron chi connectivity index (χ1n) is 10.9. The van der Waals surface area contributed by atoms with Crippen LogP contribution in [0.3, 0.4) is 0 Å². The average molecular weight is 428 g/mol. The van der Waals surface area contributed by atoms with Crippen LogP contribution in [0, 0.1) is 19.8 Å². The Bertz CT molecular complexity index is 878. The lowest BCUT2D eigenvalue weighted by Crippen LogP contribution is -2.40. The molecule has 2 aromatic rings. The number of hydrogen-bond donors (Lipinski definition) is 2. The van der Waals surface area contributed by atoms with E-state index in [1.807, 2.05) is 6.07 Å². The van der Waals surface area contributed by atoms with Gasteiger partial charge in [-0.1, -0.05) is 30.3 Å². The monoisotopic (exact) mass is 427 g/mol. The second kappa shape index (κ2) is 11.1. The summed E-state index contributed by atoms with van der Waals surface area (Å²) in [5.41, 5.74) is 3.42. The molecule has 1 aromatic heterocycles. The quantitative estimate of drug-likeness (QED) is 0.475. The van der Waals surface area contributed by atoms with E-state index in [-0.39, 0.29) is 12.5 Å². The lowest BCUT2D eigenvalue weighted by molar-refractivity contribution is 0.0387. The topological polar surface area (TPSA) is 83.7 Å². The van der Waals surface area contributed by atoms with Gasteiger partial charge in [-0.05, 0) is 50.3 Å². The molecule has 2 N–H and O–H groups in total. The van der Waals surface area contributed by atoms with Crippen LogP contribution in [0.1, 0.15) is 50.5 Å². The van der Waals surface area contributed by atoms with E-state index in [0.717, 1.165) is 32.5 Å². The van der Waals surface area contributed by atoms with Crippen LogP contribution in [0.15, 0.2) is 30.3 Å². The van der Waals surface area contributed by atoms with Gasteiger partial charge in [-0.3, -0.25) is 9.69 Å². The first-order chi connectivity index (χ1) is 15.0. The minimum Gasteiger partial charge on any atom is -0.460 e. The van der Waals surface area contributed by atoms with Crippen LogP contribution >= 0.6 is 0 Å². The number of carbonyl (C=O) groups excluding carboxylic acids is 2. The number of aryl methyl sites for hydroxylation is 1. The number of rotatable bonds is 9. The van der Waals surface area contributed by atoms with Crippen molar-refractivity contribution in [2.45, 2.75) is 33.2 Å². The highest BCUT2D eigenvalue weighted by Crippen LogP contribution is 2.21. The summed E-state index contributed by atoms with van der Waals surface area (Å²) in [4.78, 5) is 30.7. The summed E-state index contributed by atoms with van der Waals surface area (Å²) in [5, 5.41) is 3.06. The number of amides is 1. The summed E-state index contributed by atoms with van der Waals surface area (Å²) in [6, 6.07) is 10.5. The standard InChI is InChI=1S/C24H33N3O4/c1-17-21(24(29)31-13-12-30-3)18(2)26-22(17)23(28)25-14-20-10-7-11-27(16-20)15-19-8-5-4-6-9-19/h4-6,8-9,20,26H,7,10-16H2,1-3H3,(H,25,28). The van der Waals surface area contributed by atoms with Gasteiger partial charge < -0.3 is 19.8 Å². The minimum atomic E-state index is -0.439. The number of methoxy groups -OCH3 is 1. The number of piperidine rings is 1. The Morgan fingerprint density at radius 1 is 1.19 bits per heavy atom. The minimum absolute atomic E-state index is 0.183. The molecule has 1 amide bonds. The molecular formula is C24H33N3O4. The van der Waals surface area contributed by atoms with Crippen LogP contribution in [0.5, 0.6) is 0 Å². The van der Waals surface area contributed by atoms with Crippen molar-refractivity contribution in [2.75, 3.05) is 40.0 Å². The number of nitrogens with one attached hydrogen (secondary N) is 2. The lowest BCUT2D eigenvalue weighted by Gasteiger charge is -2.32. The number of benzene rings is 1. The van der Waals surface area contributed by atoms with Crippen molar-refractivity contribution in [3.63, 3.8) is 0 Å². The van der Waals surface area contributed by atoms with E-state index in [0.29, 0.717) is 41.6 Å². The first kappa shape index (κ1) is 23.0. The van der Waals surface area contributed by atoms with Crippen LogP contribution < -0.4 is 5.32 Å². The zero-order chi connectivity index (χ0) is 22.2. The SMILES string of the molecule is COCCOC(=O)c1c(C)[nH]c(C(=O)NCC2CCCN(Cc3ccccc3)C2)c1C. The number of H-pyrrole nitrogens is 1. The zero-order valence-electron chi connectivity index (χ0n) is 18.7. The highest BCUT2D eigenvalue weighted by Gasteiger charge is 2.25. The molecule has 0 bridgehead atoms. The average Bonchev–Trinajstić information content (AvgIpc) is 3.07. The van der Waals surface area contributed by atoms with Crippen LogP contribution in [-0.2, 0) is 16.0 Å². The van der Waals surface area contributed by atoms with Crippen molar-refractivity contribution in [3.8, 4) is 0 Å². The molecule has 0 aliphatic carbocycles. The van der Waals surface area contributed by atoms with E-state index < -0.39 is 5.97 Å². The highest BCUT2D eigenvalue weighted by atomic mass is 16.6. The zero-order valence-corrected chi connectivity index (χ0v) is 18.7. The van der Waals surface area contributed by atoms with Crippen molar-refractivity contribution in [2.24, 2.45) is 5.92 Å². The van der Waals surface area contributed by atoms with Crippen LogP contribution in [-0.4, -0.2) is 61.7 Å². The molecule has 1 aliphatic heterocycles. The fourth-order valence-electron chi connectivity index (χ4n) is 4.20. The molecule has 0 spiro atoms. The van der Waals surface area contributed by atoms with Crippen molar-refractivity contribution in [1.82, 2.24) is 15.2 Å². The number of esters is 1. The smallest absolute Gasteiger partial charge is 0.340 e. The molecule has 0 saturated carbocycles. The maximum Gasteiger partial charge on any atom is 0.340 e. The van der Waals surface area contributed by atoms with Gasteiger partial charge in [0.1, 0.15) is 12.3 Å². The predicted octanol–water partition coefficient (Wildman–Crippen LogP) is 3.08. The van der Waals surface area contributed by atoms with E-state index in [4.69, 9.17) is 9.47 Å². The third-order valence-electron chi connectivity index (χ3n) is 5.79. The van der Waals surface area contributed by atoms with Gasteiger partial charge in [0, 0.05) is 32.4 Å². The molecule has 1 fully saturated rings. The van der Waals surface area contributed by atoms with Crippen molar-refractivity contribution >= 4 is 11.9 Å². The molecule has 0 radical (unpaired) electrons. The first-order valence-corrected chi connectivity index (χ1v) is 10.9.